The fourth-order valence-corrected chi connectivity index (χ4v) is 3.44. The standard InChI is InChI=1S/C11H13Cl2N3O2S/c1-8(2)16(5-3-4-14)19(17,18)9-6-10(12)11(13)15-7-9/h6-8H,3,5H2,1-2H3. The summed E-state index contributed by atoms with van der Waals surface area (Å²) in [6, 6.07) is 2.92. The topological polar surface area (TPSA) is 74.1 Å². The van der Waals surface area contributed by atoms with Gasteiger partial charge in [0.05, 0.1) is 11.1 Å². The quantitative estimate of drug-likeness (QED) is 0.781. The van der Waals surface area contributed by atoms with E-state index in [-0.39, 0.29) is 34.1 Å². The molecular weight excluding hydrogens is 309 g/mol. The zero-order valence-electron chi connectivity index (χ0n) is 10.5. The Balaban J connectivity index is 3.19. The molecule has 1 aromatic rings. The number of rotatable bonds is 5. The molecule has 104 valence electrons. The fourth-order valence-electron chi connectivity index (χ4n) is 1.50. The van der Waals surface area contributed by atoms with Gasteiger partial charge in [-0.15, -0.1) is 0 Å². The van der Waals surface area contributed by atoms with E-state index in [0.29, 0.717) is 0 Å². The van der Waals surface area contributed by atoms with E-state index in [1.165, 1.54) is 10.4 Å². The average Bonchev–Trinajstić information content (AvgIpc) is 2.32. The van der Waals surface area contributed by atoms with Gasteiger partial charge < -0.3 is 0 Å². The van der Waals surface area contributed by atoms with Gasteiger partial charge in [-0.3, -0.25) is 0 Å². The van der Waals surface area contributed by atoms with Crippen LogP contribution in [0.25, 0.3) is 0 Å². The van der Waals surface area contributed by atoms with Gasteiger partial charge in [-0.05, 0) is 19.9 Å². The highest BCUT2D eigenvalue weighted by atomic mass is 35.5. The van der Waals surface area contributed by atoms with Gasteiger partial charge in [-0.1, -0.05) is 23.2 Å². The number of halogens is 2. The lowest BCUT2D eigenvalue weighted by Crippen LogP contribution is -2.37. The van der Waals surface area contributed by atoms with Crippen LogP contribution in [-0.4, -0.2) is 30.3 Å². The molecule has 0 N–H and O–H groups in total. The van der Waals surface area contributed by atoms with E-state index in [9.17, 15) is 8.42 Å². The molecule has 0 aliphatic carbocycles. The minimum absolute atomic E-state index is 0.0338. The maximum atomic E-state index is 12.4. The highest BCUT2D eigenvalue weighted by Gasteiger charge is 2.27. The molecule has 0 atom stereocenters. The normalized spacial score (nSPS) is 11.8. The molecule has 0 fully saturated rings. The molecule has 8 heteroatoms. The van der Waals surface area contributed by atoms with Crippen molar-refractivity contribution in [3.05, 3.63) is 22.4 Å². The van der Waals surface area contributed by atoms with Crippen LogP contribution in [0.15, 0.2) is 17.2 Å². The van der Waals surface area contributed by atoms with Crippen LogP contribution in [0.2, 0.25) is 10.2 Å². The largest absolute Gasteiger partial charge is 0.244 e. The predicted molar refractivity (Wildman–Crippen MR) is 73.5 cm³/mol. The average molecular weight is 322 g/mol. The van der Waals surface area contributed by atoms with Crippen molar-refractivity contribution in [1.29, 1.82) is 5.26 Å². The summed E-state index contributed by atoms with van der Waals surface area (Å²) in [4.78, 5) is 3.70. The van der Waals surface area contributed by atoms with Gasteiger partial charge in [0.1, 0.15) is 10.0 Å². The molecule has 0 radical (unpaired) electrons. The van der Waals surface area contributed by atoms with Gasteiger partial charge in [-0.25, -0.2) is 13.4 Å². The lowest BCUT2D eigenvalue weighted by molar-refractivity contribution is 0.360. The van der Waals surface area contributed by atoms with Gasteiger partial charge in [0.25, 0.3) is 0 Å². The molecule has 0 aromatic carbocycles. The molecule has 0 aliphatic heterocycles. The van der Waals surface area contributed by atoms with Crippen molar-refractivity contribution in [3.8, 4) is 6.07 Å². The summed E-state index contributed by atoms with van der Waals surface area (Å²) in [7, 11) is -3.74. The highest BCUT2D eigenvalue weighted by Crippen LogP contribution is 2.25. The highest BCUT2D eigenvalue weighted by molar-refractivity contribution is 7.89. The van der Waals surface area contributed by atoms with Gasteiger partial charge in [0.15, 0.2) is 0 Å². The zero-order chi connectivity index (χ0) is 14.6. The molecule has 1 aromatic heterocycles. The second-order valence-electron chi connectivity index (χ2n) is 4.06. The van der Waals surface area contributed by atoms with E-state index >= 15 is 0 Å². The Morgan fingerprint density at radius 1 is 1.47 bits per heavy atom. The molecule has 5 nitrogen and oxygen atoms in total. The molecule has 0 saturated carbocycles. The van der Waals surface area contributed by atoms with Crippen molar-refractivity contribution < 1.29 is 8.42 Å². The number of nitrogens with zero attached hydrogens (tertiary/aromatic N) is 3. The predicted octanol–water partition coefficient (Wildman–Crippen LogP) is 2.70. The molecule has 1 rings (SSSR count). The molecule has 0 spiro atoms. The van der Waals surface area contributed by atoms with Crippen LogP contribution in [-0.2, 0) is 10.0 Å². The number of pyridine rings is 1. The minimum Gasteiger partial charge on any atom is -0.242 e. The number of nitriles is 1. The zero-order valence-corrected chi connectivity index (χ0v) is 12.8. The molecule has 19 heavy (non-hydrogen) atoms. The van der Waals surface area contributed by atoms with Crippen LogP contribution in [0.1, 0.15) is 20.3 Å². The minimum atomic E-state index is -3.74. The smallest absolute Gasteiger partial charge is 0.242 e. The number of sulfonamides is 1. The first-order chi connectivity index (χ1) is 8.80. The Morgan fingerprint density at radius 2 is 2.11 bits per heavy atom. The monoisotopic (exact) mass is 321 g/mol. The van der Waals surface area contributed by atoms with Crippen LogP contribution in [0.4, 0.5) is 0 Å². The number of hydrogen-bond donors (Lipinski definition) is 0. The maximum Gasteiger partial charge on any atom is 0.244 e. The summed E-state index contributed by atoms with van der Waals surface area (Å²) in [5.74, 6) is 0. The third kappa shape index (κ3) is 3.80. The first kappa shape index (κ1) is 16.2. The van der Waals surface area contributed by atoms with E-state index in [1.54, 1.807) is 13.8 Å². The van der Waals surface area contributed by atoms with Crippen molar-refractivity contribution in [1.82, 2.24) is 9.29 Å². The van der Waals surface area contributed by atoms with Gasteiger partial charge >= 0.3 is 0 Å². The summed E-state index contributed by atoms with van der Waals surface area (Å²) in [5.41, 5.74) is 0. The van der Waals surface area contributed by atoms with Crippen molar-refractivity contribution in [3.63, 3.8) is 0 Å². The third-order valence-corrected chi connectivity index (χ3v) is 5.12. The van der Waals surface area contributed by atoms with E-state index in [4.69, 9.17) is 28.5 Å². The Labute approximate surface area is 122 Å². The maximum absolute atomic E-state index is 12.4. The molecule has 0 amide bonds. The lowest BCUT2D eigenvalue weighted by atomic mass is 10.3. The fraction of sp³-hybridized carbons (Fsp3) is 0.455. The summed E-state index contributed by atoms with van der Waals surface area (Å²) >= 11 is 11.4. The summed E-state index contributed by atoms with van der Waals surface area (Å²) in [6.45, 7) is 3.59. The number of hydrogen-bond acceptors (Lipinski definition) is 4. The summed E-state index contributed by atoms with van der Waals surface area (Å²) in [6.07, 6.45) is 1.28. The summed E-state index contributed by atoms with van der Waals surface area (Å²) < 4.78 is 26.1. The number of aromatic nitrogens is 1. The Hall–Kier alpha value is -0.870. The van der Waals surface area contributed by atoms with Crippen molar-refractivity contribution >= 4 is 33.2 Å². The Kier molecular flexibility index (Phi) is 5.56. The Morgan fingerprint density at radius 3 is 2.58 bits per heavy atom. The molecule has 0 aliphatic rings. The lowest BCUT2D eigenvalue weighted by Gasteiger charge is -2.24. The van der Waals surface area contributed by atoms with Crippen molar-refractivity contribution in [2.75, 3.05) is 6.54 Å². The summed E-state index contributed by atoms with van der Waals surface area (Å²) in [5, 5.41) is 8.72. The van der Waals surface area contributed by atoms with E-state index < -0.39 is 10.0 Å². The SMILES string of the molecule is CC(C)N(CCC#N)S(=O)(=O)c1cnc(Cl)c(Cl)c1. The molecular formula is C11H13Cl2N3O2S. The molecule has 1 heterocycles. The second-order valence-corrected chi connectivity index (χ2v) is 6.72. The van der Waals surface area contributed by atoms with Gasteiger partial charge in [0.2, 0.25) is 10.0 Å². The van der Waals surface area contributed by atoms with Gasteiger partial charge in [0, 0.05) is 25.2 Å². The first-order valence-corrected chi connectivity index (χ1v) is 7.70. The van der Waals surface area contributed by atoms with Crippen molar-refractivity contribution in [2.45, 2.75) is 31.2 Å². The van der Waals surface area contributed by atoms with Gasteiger partial charge in [-0.2, -0.15) is 9.57 Å². The Bertz CT molecular complexity index is 596. The first-order valence-electron chi connectivity index (χ1n) is 5.50. The molecule has 0 bridgehead atoms. The van der Waals surface area contributed by atoms with E-state index in [1.807, 2.05) is 6.07 Å². The third-order valence-electron chi connectivity index (χ3n) is 2.40. The second kappa shape index (κ2) is 6.53. The van der Waals surface area contributed by atoms with E-state index in [2.05, 4.69) is 4.98 Å². The molecule has 0 saturated heterocycles. The molecule has 0 unspecified atom stereocenters. The van der Waals surface area contributed by atoms with E-state index in [0.717, 1.165) is 6.20 Å². The van der Waals surface area contributed by atoms with Crippen molar-refractivity contribution in [2.24, 2.45) is 0 Å². The van der Waals surface area contributed by atoms with Crippen LogP contribution >= 0.6 is 23.2 Å². The van der Waals surface area contributed by atoms with Crippen LogP contribution in [0, 0.1) is 11.3 Å². The van der Waals surface area contributed by atoms with Crippen LogP contribution in [0.3, 0.4) is 0 Å². The van der Waals surface area contributed by atoms with Crippen LogP contribution in [0.5, 0.6) is 0 Å². The van der Waals surface area contributed by atoms with Crippen LogP contribution < -0.4 is 0 Å².